The zero-order chi connectivity index (χ0) is 14.8. The lowest BCUT2D eigenvalue weighted by Gasteiger charge is -2.21. The summed E-state index contributed by atoms with van der Waals surface area (Å²) in [5, 5.41) is 3.56. The van der Waals surface area contributed by atoms with Gasteiger partial charge in [0.1, 0.15) is 11.6 Å². The number of methoxy groups -OCH3 is 1. The number of ether oxygens (including phenoxy) is 1. The topological polar surface area (TPSA) is 21.3 Å². The van der Waals surface area contributed by atoms with Crippen molar-refractivity contribution in [1.82, 2.24) is 0 Å². The molecule has 1 fully saturated rings. The van der Waals surface area contributed by atoms with Gasteiger partial charge in [0.15, 0.2) is 0 Å². The first-order valence-corrected chi connectivity index (χ1v) is 7.34. The summed E-state index contributed by atoms with van der Waals surface area (Å²) in [5.74, 6) is 1.36. The minimum absolute atomic E-state index is 0.159. The van der Waals surface area contributed by atoms with Gasteiger partial charge in [-0.1, -0.05) is 12.1 Å². The number of hydrogen-bond acceptors (Lipinski definition) is 2. The molecule has 3 heteroatoms. The summed E-state index contributed by atoms with van der Waals surface area (Å²) in [4.78, 5) is 0. The molecule has 0 heterocycles. The maximum atomic E-state index is 13.4. The molecule has 1 aliphatic rings. The van der Waals surface area contributed by atoms with E-state index in [1.807, 2.05) is 18.2 Å². The highest BCUT2D eigenvalue weighted by Crippen LogP contribution is 2.43. The molecule has 1 saturated carbocycles. The third-order valence-electron chi connectivity index (χ3n) is 4.05. The molecule has 3 rings (SSSR count). The smallest absolute Gasteiger partial charge is 0.126 e. The van der Waals surface area contributed by atoms with Crippen LogP contribution < -0.4 is 10.1 Å². The van der Waals surface area contributed by atoms with Crippen molar-refractivity contribution in [2.24, 2.45) is 5.92 Å². The van der Waals surface area contributed by atoms with E-state index < -0.39 is 0 Å². The van der Waals surface area contributed by atoms with Crippen LogP contribution in [0.1, 0.15) is 30.0 Å². The molecule has 2 aromatic rings. The largest absolute Gasteiger partial charge is 0.497 e. The fourth-order valence-corrected chi connectivity index (χ4v) is 2.63. The van der Waals surface area contributed by atoms with Crippen molar-refractivity contribution in [3.8, 4) is 5.75 Å². The fraction of sp³-hybridized carbons (Fsp3) is 0.333. The Bertz CT molecular complexity index is 620. The van der Waals surface area contributed by atoms with Gasteiger partial charge in [-0.3, -0.25) is 0 Å². The van der Waals surface area contributed by atoms with Gasteiger partial charge in [0.05, 0.1) is 13.2 Å². The molecule has 0 radical (unpaired) electrons. The van der Waals surface area contributed by atoms with Crippen molar-refractivity contribution in [1.29, 1.82) is 0 Å². The molecule has 0 aliphatic heterocycles. The van der Waals surface area contributed by atoms with Crippen LogP contribution in [0.3, 0.4) is 0 Å². The third-order valence-corrected chi connectivity index (χ3v) is 4.05. The van der Waals surface area contributed by atoms with Crippen molar-refractivity contribution < 1.29 is 9.13 Å². The van der Waals surface area contributed by atoms with Gasteiger partial charge in [-0.05, 0) is 67.1 Å². The van der Waals surface area contributed by atoms with Crippen molar-refractivity contribution in [3.63, 3.8) is 0 Å². The Kier molecular flexibility index (Phi) is 3.82. The van der Waals surface area contributed by atoms with Gasteiger partial charge < -0.3 is 10.1 Å². The molecule has 110 valence electrons. The SMILES string of the molecule is COc1ccc(C(Nc2ccc(F)c(C)c2)C2CC2)cc1. The molecule has 0 bridgehead atoms. The quantitative estimate of drug-likeness (QED) is 0.859. The Morgan fingerprint density at radius 2 is 1.86 bits per heavy atom. The number of anilines is 1. The lowest BCUT2D eigenvalue weighted by molar-refractivity contribution is 0.414. The first kappa shape index (κ1) is 13.9. The summed E-state index contributed by atoms with van der Waals surface area (Å²) in [7, 11) is 1.67. The molecule has 2 aromatic carbocycles. The summed E-state index contributed by atoms with van der Waals surface area (Å²) in [6.07, 6.45) is 2.48. The molecule has 1 N–H and O–H groups in total. The molecule has 1 unspecified atom stereocenters. The lowest BCUT2D eigenvalue weighted by atomic mass is 10.0. The Morgan fingerprint density at radius 1 is 1.14 bits per heavy atom. The zero-order valence-electron chi connectivity index (χ0n) is 12.4. The summed E-state index contributed by atoms with van der Waals surface area (Å²) in [5.41, 5.74) is 2.89. The predicted octanol–water partition coefficient (Wildman–Crippen LogP) is 4.71. The second-order valence-corrected chi connectivity index (χ2v) is 5.70. The lowest BCUT2D eigenvalue weighted by Crippen LogP contribution is -2.13. The molecule has 0 saturated heterocycles. The van der Waals surface area contributed by atoms with Crippen LogP contribution in [0, 0.1) is 18.7 Å². The van der Waals surface area contributed by atoms with E-state index in [-0.39, 0.29) is 11.9 Å². The predicted molar refractivity (Wildman–Crippen MR) is 83.2 cm³/mol. The van der Waals surface area contributed by atoms with E-state index in [1.165, 1.54) is 24.5 Å². The van der Waals surface area contributed by atoms with Crippen LogP contribution in [0.15, 0.2) is 42.5 Å². The van der Waals surface area contributed by atoms with Crippen LogP contribution in [-0.4, -0.2) is 7.11 Å². The standard InChI is InChI=1S/C18H20FNO/c1-12-11-15(7-10-17(12)19)20-18(13-3-4-13)14-5-8-16(21-2)9-6-14/h5-11,13,18,20H,3-4H2,1-2H3. The molecular weight excluding hydrogens is 265 g/mol. The maximum Gasteiger partial charge on any atom is 0.126 e. The number of hydrogen-bond donors (Lipinski definition) is 1. The molecule has 2 nitrogen and oxygen atoms in total. The summed E-state index contributed by atoms with van der Waals surface area (Å²) in [6.45, 7) is 1.79. The third kappa shape index (κ3) is 3.18. The van der Waals surface area contributed by atoms with E-state index in [4.69, 9.17) is 4.74 Å². The average Bonchev–Trinajstić information content (AvgIpc) is 3.33. The van der Waals surface area contributed by atoms with Crippen LogP contribution in [0.4, 0.5) is 10.1 Å². The molecule has 1 atom stereocenters. The number of benzene rings is 2. The second kappa shape index (κ2) is 5.76. The van der Waals surface area contributed by atoms with E-state index in [0.29, 0.717) is 11.5 Å². The number of halogens is 1. The normalized spacial score (nSPS) is 15.6. The van der Waals surface area contributed by atoms with Gasteiger partial charge in [0.25, 0.3) is 0 Å². The first-order valence-electron chi connectivity index (χ1n) is 7.34. The fourth-order valence-electron chi connectivity index (χ4n) is 2.63. The van der Waals surface area contributed by atoms with Crippen LogP contribution in [-0.2, 0) is 0 Å². The van der Waals surface area contributed by atoms with Gasteiger partial charge in [-0.25, -0.2) is 4.39 Å². The monoisotopic (exact) mass is 285 g/mol. The van der Waals surface area contributed by atoms with Crippen LogP contribution in [0.25, 0.3) is 0 Å². The summed E-state index contributed by atoms with van der Waals surface area (Å²) < 4.78 is 18.6. The molecule has 0 amide bonds. The first-order chi connectivity index (χ1) is 10.2. The Balaban J connectivity index is 1.82. The Labute approximate surface area is 125 Å². The van der Waals surface area contributed by atoms with Gasteiger partial charge in [-0.15, -0.1) is 0 Å². The molecule has 0 spiro atoms. The van der Waals surface area contributed by atoms with Crippen molar-refractivity contribution in [3.05, 3.63) is 59.4 Å². The molecule has 21 heavy (non-hydrogen) atoms. The van der Waals surface area contributed by atoms with Crippen LogP contribution >= 0.6 is 0 Å². The second-order valence-electron chi connectivity index (χ2n) is 5.70. The van der Waals surface area contributed by atoms with E-state index in [1.54, 1.807) is 20.1 Å². The van der Waals surface area contributed by atoms with Gasteiger partial charge in [0, 0.05) is 5.69 Å². The minimum Gasteiger partial charge on any atom is -0.497 e. The highest BCUT2D eigenvalue weighted by Gasteiger charge is 2.32. The number of nitrogens with one attached hydrogen (secondary N) is 1. The summed E-state index contributed by atoms with van der Waals surface area (Å²) in [6, 6.07) is 13.7. The van der Waals surface area contributed by atoms with Crippen molar-refractivity contribution in [2.75, 3.05) is 12.4 Å². The van der Waals surface area contributed by atoms with Crippen LogP contribution in [0.2, 0.25) is 0 Å². The molecule has 0 aromatic heterocycles. The molecular formula is C18H20FNO. The number of aryl methyl sites for hydroxylation is 1. The number of rotatable bonds is 5. The van der Waals surface area contributed by atoms with Gasteiger partial charge in [-0.2, -0.15) is 0 Å². The summed E-state index contributed by atoms with van der Waals surface area (Å²) >= 11 is 0. The minimum atomic E-state index is -0.159. The van der Waals surface area contributed by atoms with Crippen molar-refractivity contribution in [2.45, 2.75) is 25.8 Å². The molecule has 1 aliphatic carbocycles. The zero-order valence-corrected chi connectivity index (χ0v) is 12.4. The Morgan fingerprint density at radius 3 is 2.43 bits per heavy atom. The van der Waals surface area contributed by atoms with Gasteiger partial charge >= 0.3 is 0 Å². The Hall–Kier alpha value is -2.03. The highest BCUT2D eigenvalue weighted by atomic mass is 19.1. The average molecular weight is 285 g/mol. The van der Waals surface area contributed by atoms with E-state index >= 15 is 0 Å². The van der Waals surface area contributed by atoms with Gasteiger partial charge in [0.2, 0.25) is 0 Å². The van der Waals surface area contributed by atoms with Crippen LogP contribution in [0.5, 0.6) is 5.75 Å². The highest BCUT2D eigenvalue weighted by molar-refractivity contribution is 5.49. The van der Waals surface area contributed by atoms with E-state index in [0.717, 1.165) is 11.4 Å². The maximum absolute atomic E-state index is 13.4. The van der Waals surface area contributed by atoms with Crippen molar-refractivity contribution >= 4 is 5.69 Å². The van der Waals surface area contributed by atoms with E-state index in [9.17, 15) is 4.39 Å². The van der Waals surface area contributed by atoms with E-state index in [2.05, 4.69) is 17.4 Å².